The minimum atomic E-state index is -0.372. The highest BCUT2D eigenvalue weighted by Crippen LogP contribution is 2.25. The van der Waals surface area contributed by atoms with E-state index < -0.39 is 0 Å². The van der Waals surface area contributed by atoms with Gasteiger partial charge in [-0.3, -0.25) is 4.79 Å². The van der Waals surface area contributed by atoms with Gasteiger partial charge < -0.3 is 15.2 Å². The van der Waals surface area contributed by atoms with E-state index >= 15 is 0 Å². The van der Waals surface area contributed by atoms with Crippen molar-refractivity contribution < 1.29 is 14.3 Å². The van der Waals surface area contributed by atoms with Gasteiger partial charge in [-0.25, -0.2) is 0 Å². The molecule has 0 aromatic heterocycles. The SMILES string of the molecule is COC(=O)Cc1c(CN)cc(C#N)cc1OC. The number of hydrogen-bond donors (Lipinski definition) is 1. The molecule has 1 aromatic rings. The molecule has 0 saturated carbocycles. The first-order valence-corrected chi connectivity index (χ1v) is 5.03. The second kappa shape index (κ2) is 5.87. The number of esters is 1. The first-order chi connectivity index (χ1) is 8.15. The van der Waals surface area contributed by atoms with Crippen molar-refractivity contribution in [2.24, 2.45) is 5.73 Å². The monoisotopic (exact) mass is 234 g/mol. The molecule has 0 aliphatic rings. The lowest BCUT2D eigenvalue weighted by atomic mass is 10.0. The fourth-order valence-corrected chi connectivity index (χ4v) is 1.55. The van der Waals surface area contributed by atoms with Gasteiger partial charge in [0.2, 0.25) is 0 Å². The molecule has 0 heterocycles. The minimum Gasteiger partial charge on any atom is -0.496 e. The number of rotatable bonds is 4. The molecule has 0 aliphatic carbocycles. The molecule has 0 atom stereocenters. The van der Waals surface area contributed by atoms with Crippen LogP contribution in [0, 0.1) is 11.3 Å². The molecule has 0 unspecified atom stereocenters. The molecule has 0 saturated heterocycles. The van der Waals surface area contributed by atoms with E-state index in [4.69, 9.17) is 15.7 Å². The molecule has 1 rings (SSSR count). The van der Waals surface area contributed by atoms with E-state index in [0.717, 1.165) is 0 Å². The van der Waals surface area contributed by atoms with Gasteiger partial charge in [0.15, 0.2) is 0 Å². The number of nitriles is 1. The number of methoxy groups -OCH3 is 2. The van der Waals surface area contributed by atoms with Crippen LogP contribution in [0.2, 0.25) is 0 Å². The summed E-state index contributed by atoms with van der Waals surface area (Å²) in [5.41, 5.74) is 7.43. The smallest absolute Gasteiger partial charge is 0.310 e. The molecule has 5 heteroatoms. The van der Waals surface area contributed by atoms with Crippen molar-refractivity contribution in [3.8, 4) is 11.8 Å². The third kappa shape index (κ3) is 2.95. The molecule has 17 heavy (non-hydrogen) atoms. The molecule has 1 aromatic carbocycles. The highest BCUT2D eigenvalue weighted by molar-refractivity contribution is 5.74. The summed E-state index contributed by atoms with van der Waals surface area (Å²) in [5, 5.41) is 8.86. The van der Waals surface area contributed by atoms with Gasteiger partial charge in [-0.05, 0) is 17.7 Å². The van der Waals surface area contributed by atoms with Crippen LogP contribution < -0.4 is 10.5 Å². The van der Waals surface area contributed by atoms with Crippen LogP contribution in [0.3, 0.4) is 0 Å². The van der Waals surface area contributed by atoms with Crippen LogP contribution in [0.1, 0.15) is 16.7 Å². The Morgan fingerprint density at radius 2 is 2.18 bits per heavy atom. The lowest BCUT2D eigenvalue weighted by Gasteiger charge is -2.12. The summed E-state index contributed by atoms with van der Waals surface area (Å²) in [7, 11) is 2.80. The quantitative estimate of drug-likeness (QED) is 0.776. The Morgan fingerprint density at radius 3 is 2.65 bits per heavy atom. The van der Waals surface area contributed by atoms with Gasteiger partial charge in [-0.2, -0.15) is 5.26 Å². The van der Waals surface area contributed by atoms with Gasteiger partial charge in [0.1, 0.15) is 5.75 Å². The van der Waals surface area contributed by atoms with E-state index in [9.17, 15) is 4.79 Å². The lowest BCUT2D eigenvalue weighted by molar-refractivity contribution is -0.139. The number of hydrogen-bond acceptors (Lipinski definition) is 5. The molecule has 0 bridgehead atoms. The molecular weight excluding hydrogens is 220 g/mol. The number of nitrogens with two attached hydrogens (primary N) is 1. The molecule has 0 radical (unpaired) electrons. The van der Waals surface area contributed by atoms with Gasteiger partial charge in [-0.15, -0.1) is 0 Å². The number of carbonyl (C=O) groups excluding carboxylic acids is 1. The summed E-state index contributed by atoms with van der Waals surface area (Å²) in [4.78, 5) is 11.3. The molecule has 0 amide bonds. The van der Waals surface area contributed by atoms with Crippen LogP contribution in [0.5, 0.6) is 5.75 Å². The highest BCUT2D eigenvalue weighted by atomic mass is 16.5. The van der Waals surface area contributed by atoms with Gasteiger partial charge in [0.25, 0.3) is 0 Å². The molecule has 0 aliphatic heterocycles. The zero-order valence-corrected chi connectivity index (χ0v) is 9.82. The fourth-order valence-electron chi connectivity index (χ4n) is 1.55. The Morgan fingerprint density at radius 1 is 1.47 bits per heavy atom. The van der Waals surface area contributed by atoms with Crippen LogP contribution >= 0.6 is 0 Å². The number of carbonyl (C=O) groups is 1. The Bertz CT molecular complexity index is 438. The van der Waals surface area contributed by atoms with Crippen LogP contribution in [-0.4, -0.2) is 20.2 Å². The van der Waals surface area contributed by atoms with Crippen LogP contribution in [0.4, 0.5) is 0 Å². The van der Waals surface area contributed by atoms with Crippen molar-refractivity contribution in [3.05, 3.63) is 28.8 Å². The Balaban J connectivity index is 3.25. The zero-order chi connectivity index (χ0) is 12.8. The van der Waals surface area contributed by atoms with Crippen LogP contribution in [-0.2, 0) is 22.5 Å². The standard InChI is InChI=1S/C12H14N2O3/c1-16-11-4-8(6-13)3-9(7-14)10(11)5-12(15)17-2/h3-4H,5,7,14H2,1-2H3. The minimum absolute atomic E-state index is 0.0813. The zero-order valence-electron chi connectivity index (χ0n) is 9.82. The summed E-state index contributed by atoms with van der Waals surface area (Å²) in [6.07, 6.45) is 0.0813. The maximum absolute atomic E-state index is 11.3. The second-order valence-electron chi connectivity index (χ2n) is 3.39. The van der Waals surface area contributed by atoms with E-state index in [1.165, 1.54) is 14.2 Å². The van der Waals surface area contributed by atoms with Gasteiger partial charge in [0, 0.05) is 12.1 Å². The molecule has 90 valence electrons. The summed E-state index contributed by atoms with van der Waals surface area (Å²) >= 11 is 0. The van der Waals surface area contributed by atoms with E-state index in [1.807, 2.05) is 6.07 Å². The van der Waals surface area contributed by atoms with Gasteiger partial charge in [0.05, 0.1) is 32.3 Å². The van der Waals surface area contributed by atoms with Crippen LogP contribution in [0.25, 0.3) is 0 Å². The maximum atomic E-state index is 11.3. The molecule has 0 spiro atoms. The first kappa shape index (κ1) is 13.0. The van der Waals surface area contributed by atoms with Gasteiger partial charge >= 0.3 is 5.97 Å². The third-order valence-electron chi connectivity index (χ3n) is 2.42. The Labute approximate surface area is 99.7 Å². The Hall–Kier alpha value is -2.06. The van der Waals surface area contributed by atoms with E-state index in [-0.39, 0.29) is 18.9 Å². The second-order valence-corrected chi connectivity index (χ2v) is 3.39. The third-order valence-corrected chi connectivity index (χ3v) is 2.42. The predicted molar refractivity (Wildman–Crippen MR) is 61.3 cm³/mol. The van der Waals surface area contributed by atoms with Crippen molar-refractivity contribution in [3.63, 3.8) is 0 Å². The largest absolute Gasteiger partial charge is 0.496 e. The normalized spacial score (nSPS) is 9.53. The first-order valence-electron chi connectivity index (χ1n) is 5.03. The van der Waals surface area contributed by atoms with Crippen molar-refractivity contribution in [2.75, 3.05) is 14.2 Å². The summed E-state index contributed by atoms with van der Waals surface area (Å²) < 4.78 is 9.77. The Kier molecular flexibility index (Phi) is 4.49. The molecular formula is C12H14N2O3. The molecule has 0 fully saturated rings. The predicted octanol–water partition coefficient (Wildman–Crippen LogP) is 0.741. The number of benzene rings is 1. The van der Waals surface area contributed by atoms with Crippen molar-refractivity contribution >= 4 is 5.97 Å². The maximum Gasteiger partial charge on any atom is 0.310 e. The van der Waals surface area contributed by atoms with Crippen molar-refractivity contribution in [1.29, 1.82) is 5.26 Å². The van der Waals surface area contributed by atoms with Crippen molar-refractivity contribution in [1.82, 2.24) is 0 Å². The summed E-state index contributed by atoms with van der Waals surface area (Å²) in [6, 6.07) is 5.25. The average Bonchev–Trinajstić information content (AvgIpc) is 2.38. The molecule has 2 N–H and O–H groups in total. The summed E-state index contributed by atoms with van der Waals surface area (Å²) in [6.45, 7) is 0.234. The molecule has 5 nitrogen and oxygen atoms in total. The van der Waals surface area contributed by atoms with E-state index in [0.29, 0.717) is 22.4 Å². The van der Waals surface area contributed by atoms with Gasteiger partial charge in [-0.1, -0.05) is 0 Å². The number of ether oxygens (including phenoxy) is 2. The lowest BCUT2D eigenvalue weighted by Crippen LogP contribution is -2.11. The summed E-state index contributed by atoms with van der Waals surface area (Å²) in [5.74, 6) is 0.109. The highest BCUT2D eigenvalue weighted by Gasteiger charge is 2.14. The van der Waals surface area contributed by atoms with E-state index in [2.05, 4.69) is 4.74 Å². The number of nitrogens with zero attached hydrogens (tertiary/aromatic N) is 1. The average molecular weight is 234 g/mol. The van der Waals surface area contributed by atoms with E-state index in [1.54, 1.807) is 12.1 Å². The topological polar surface area (TPSA) is 85.3 Å². The van der Waals surface area contributed by atoms with Crippen LogP contribution in [0.15, 0.2) is 12.1 Å². The van der Waals surface area contributed by atoms with Crippen molar-refractivity contribution in [2.45, 2.75) is 13.0 Å². The fraction of sp³-hybridized carbons (Fsp3) is 0.333.